The van der Waals surface area contributed by atoms with Crippen molar-refractivity contribution >= 4 is 47.8 Å². The molecule has 3 heteroatoms. The number of thiophene rings is 1. The SMILES string of the molecule is CCCCC(C)c1cc2[n+](cc1-c1ccccc1)C(CC)(CC)C(c1cc3ccc4c5ccccc5sc4c3c3cc(C)cc[n+]13)c1ccccc1-2. The van der Waals surface area contributed by atoms with E-state index in [1.165, 1.54) is 100 Å². The molecule has 0 saturated carbocycles. The minimum atomic E-state index is -0.182. The van der Waals surface area contributed by atoms with E-state index in [1.54, 1.807) is 0 Å². The van der Waals surface area contributed by atoms with Crippen molar-refractivity contribution in [1.82, 2.24) is 0 Å². The van der Waals surface area contributed by atoms with Crippen LogP contribution in [0.4, 0.5) is 0 Å². The van der Waals surface area contributed by atoms with Gasteiger partial charge in [-0.2, -0.15) is 8.97 Å². The molecule has 1 aliphatic rings. The van der Waals surface area contributed by atoms with Gasteiger partial charge in [-0.15, -0.1) is 11.3 Å². The van der Waals surface area contributed by atoms with Crippen molar-refractivity contribution in [3.05, 3.63) is 150 Å². The summed E-state index contributed by atoms with van der Waals surface area (Å²) in [6, 6.07) is 43.9. The van der Waals surface area contributed by atoms with Crippen molar-refractivity contribution in [2.24, 2.45) is 0 Å². The van der Waals surface area contributed by atoms with Gasteiger partial charge in [0.2, 0.25) is 16.9 Å². The van der Waals surface area contributed by atoms with E-state index >= 15 is 0 Å². The molecule has 4 aromatic heterocycles. The van der Waals surface area contributed by atoms with Gasteiger partial charge in [-0.3, -0.25) is 0 Å². The van der Waals surface area contributed by atoms with Crippen LogP contribution >= 0.6 is 11.3 Å². The highest BCUT2D eigenvalue weighted by molar-refractivity contribution is 7.26. The zero-order valence-electron chi connectivity index (χ0n) is 31.1. The Morgan fingerprint density at radius 3 is 2.35 bits per heavy atom. The lowest BCUT2D eigenvalue weighted by atomic mass is 9.68. The molecule has 0 aliphatic carbocycles. The first-order chi connectivity index (χ1) is 25.5. The molecule has 0 radical (unpaired) electrons. The van der Waals surface area contributed by atoms with Crippen molar-refractivity contribution in [3.8, 4) is 22.4 Å². The Bertz CT molecular complexity index is 2630. The highest BCUT2D eigenvalue weighted by Gasteiger charge is 2.55. The van der Waals surface area contributed by atoms with Crippen LogP contribution in [0.2, 0.25) is 0 Å². The van der Waals surface area contributed by atoms with Crippen LogP contribution in [-0.2, 0) is 5.54 Å². The fourth-order valence-corrected chi connectivity index (χ4v) is 10.9. The lowest BCUT2D eigenvalue weighted by Gasteiger charge is -2.39. The summed E-state index contributed by atoms with van der Waals surface area (Å²) >= 11 is 1.93. The van der Waals surface area contributed by atoms with Crippen LogP contribution in [0.1, 0.15) is 94.0 Å². The van der Waals surface area contributed by atoms with E-state index < -0.39 is 0 Å². The van der Waals surface area contributed by atoms with Crippen molar-refractivity contribution in [3.63, 3.8) is 0 Å². The number of aryl methyl sites for hydroxylation is 1. The second kappa shape index (κ2) is 13.0. The zero-order chi connectivity index (χ0) is 35.6. The fraction of sp³-hybridized carbons (Fsp3) is 0.265. The van der Waals surface area contributed by atoms with E-state index in [9.17, 15) is 0 Å². The van der Waals surface area contributed by atoms with Gasteiger partial charge in [-0.25, -0.2) is 0 Å². The molecular weight excluding hydrogens is 649 g/mol. The summed E-state index contributed by atoms with van der Waals surface area (Å²) in [4.78, 5) is 0. The molecular formula is C49H48N2S+2. The predicted octanol–water partition coefficient (Wildman–Crippen LogP) is 12.8. The molecule has 2 unspecified atom stereocenters. The maximum atomic E-state index is 2.72. The molecule has 9 rings (SSSR count). The van der Waals surface area contributed by atoms with Crippen molar-refractivity contribution < 1.29 is 8.97 Å². The van der Waals surface area contributed by atoms with E-state index in [1.807, 2.05) is 11.3 Å². The Labute approximate surface area is 312 Å². The molecule has 8 aromatic rings. The third-order valence-corrected chi connectivity index (χ3v) is 13.5. The molecule has 0 spiro atoms. The lowest BCUT2D eigenvalue weighted by Crippen LogP contribution is -2.63. The number of aromatic nitrogens is 2. The van der Waals surface area contributed by atoms with Gasteiger partial charge in [0.15, 0.2) is 17.9 Å². The van der Waals surface area contributed by atoms with E-state index in [0.29, 0.717) is 5.92 Å². The van der Waals surface area contributed by atoms with Gasteiger partial charge in [0.25, 0.3) is 0 Å². The average Bonchev–Trinajstić information content (AvgIpc) is 3.57. The minimum Gasteiger partial charge on any atom is -0.191 e. The molecule has 4 aromatic carbocycles. The second-order valence-corrected chi connectivity index (χ2v) is 16.2. The predicted molar refractivity (Wildman–Crippen MR) is 221 cm³/mol. The van der Waals surface area contributed by atoms with E-state index in [0.717, 1.165) is 12.8 Å². The molecule has 2 atom stereocenters. The number of benzene rings is 4. The third-order valence-electron chi connectivity index (χ3n) is 12.3. The molecule has 2 nitrogen and oxygen atoms in total. The standard InChI is InChI=1S/C49H48N2S/c1-6-9-17-33(5)40-30-42-36-20-13-14-22-38(36)47(49(7-2,8-3)51(42)31-41(40)34-18-11-10-12-19-34)44-29-35-24-25-39-37-21-15-16-23-45(37)52-48(39)46(35)43-28-32(4)26-27-50(43)44/h10-16,18-31,33,47H,6-9,17H2,1-5H3/q+2. The van der Waals surface area contributed by atoms with Crippen LogP contribution in [0.25, 0.3) is 58.8 Å². The number of fused-ring (bicyclic) bond motifs is 10. The largest absolute Gasteiger partial charge is 0.220 e. The minimum absolute atomic E-state index is 0.140. The molecule has 0 N–H and O–H groups in total. The Hall–Kier alpha value is -4.86. The Morgan fingerprint density at radius 1 is 0.769 bits per heavy atom. The fourth-order valence-electron chi connectivity index (χ4n) is 9.58. The van der Waals surface area contributed by atoms with Crippen LogP contribution in [0.5, 0.6) is 0 Å². The van der Waals surface area contributed by atoms with Crippen LogP contribution < -0.4 is 8.97 Å². The maximum Gasteiger partial charge on any atom is 0.220 e. The van der Waals surface area contributed by atoms with E-state index in [-0.39, 0.29) is 11.5 Å². The molecule has 0 bridgehead atoms. The van der Waals surface area contributed by atoms with Gasteiger partial charge >= 0.3 is 0 Å². The van der Waals surface area contributed by atoms with Crippen molar-refractivity contribution in [2.75, 3.05) is 0 Å². The van der Waals surface area contributed by atoms with Crippen molar-refractivity contribution in [2.45, 2.75) is 84.1 Å². The van der Waals surface area contributed by atoms with Crippen LogP contribution in [0, 0.1) is 6.92 Å². The van der Waals surface area contributed by atoms with E-state index in [2.05, 4.69) is 171 Å². The summed E-state index contributed by atoms with van der Waals surface area (Å²) in [6.45, 7) is 11.8. The first-order valence-electron chi connectivity index (χ1n) is 19.4. The highest BCUT2D eigenvalue weighted by Crippen LogP contribution is 2.50. The lowest BCUT2D eigenvalue weighted by molar-refractivity contribution is -0.763. The monoisotopic (exact) mass is 696 g/mol. The first kappa shape index (κ1) is 33.0. The summed E-state index contributed by atoms with van der Waals surface area (Å²) in [5, 5.41) is 5.38. The Balaban J connectivity index is 1.36. The molecule has 52 heavy (non-hydrogen) atoms. The van der Waals surface area contributed by atoms with Gasteiger partial charge in [0.1, 0.15) is 5.92 Å². The quantitative estimate of drug-likeness (QED) is 0.110. The summed E-state index contributed by atoms with van der Waals surface area (Å²) in [5.41, 5.74) is 12.0. The van der Waals surface area contributed by atoms with Gasteiger partial charge in [0.05, 0.1) is 15.6 Å². The number of rotatable bonds is 8. The number of unbranched alkanes of at least 4 members (excludes halogenated alkanes) is 1. The first-order valence-corrected chi connectivity index (χ1v) is 20.2. The van der Waals surface area contributed by atoms with Crippen LogP contribution in [0.3, 0.4) is 0 Å². The second-order valence-electron chi connectivity index (χ2n) is 15.2. The Kier molecular flexibility index (Phi) is 8.23. The molecule has 5 heterocycles. The third kappa shape index (κ3) is 4.96. The van der Waals surface area contributed by atoms with Gasteiger partial charge in [-0.1, -0.05) is 119 Å². The summed E-state index contributed by atoms with van der Waals surface area (Å²) < 4.78 is 8.00. The van der Waals surface area contributed by atoms with E-state index in [4.69, 9.17) is 0 Å². The van der Waals surface area contributed by atoms with Crippen LogP contribution in [0.15, 0.2) is 128 Å². The number of pyridine rings is 3. The Morgan fingerprint density at radius 2 is 1.54 bits per heavy atom. The summed E-state index contributed by atoms with van der Waals surface area (Å²) in [6.07, 6.45) is 10.6. The highest BCUT2D eigenvalue weighted by atomic mass is 32.1. The number of hydrogen-bond acceptors (Lipinski definition) is 1. The van der Waals surface area contributed by atoms with Crippen molar-refractivity contribution in [1.29, 1.82) is 0 Å². The number of nitrogens with zero attached hydrogens (tertiary/aromatic N) is 2. The van der Waals surface area contributed by atoms with Gasteiger partial charge < -0.3 is 0 Å². The van der Waals surface area contributed by atoms with Crippen LogP contribution in [-0.4, -0.2) is 0 Å². The molecule has 1 aliphatic heterocycles. The molecule has 258 valence electrons. The van der Waals surface area contributed by atoms with Gasteiger partial charge in [-0.05, 0) is 59.0 Å². The summed E-state index contributed by atoms with van der Waals surface area (Å²) in [7, 11) is 0. The van der Waals surface area contributed by atoms with Gasteiger partial charge in [0, 0.05) is 58.1 Å². The average molecular weight is 697 g/mol. The smallest absolute Gasteiger partial charge is 0.191 e. The topological polar surface area (TPSA) is 7.98 Å². The normalized spacial score (nSPS) is 15.7. The number of hydrogen-bond donors (Lipinski definition) is 0. The molecule has 0 amide bonds. The summed E-state index contributed by atoms with van der Waals surface area (Å²) in [5.74, 6) is 0.610. The molecule has 0 saturated heterocycles. The maximum absolute atomic E-state index is 2.72. The zero-order valence-corrected chi connectivity index (χ0v) is 31.9. The molecule has 0 fully saturated rings.